The molecule has 2 aromatic rings. The van der Waals surface area contributed by atoms with Crippen LogP contribution >= 0.6 is 0 Å². The summed E-state index contributed by atoms with van der Waals surface area (Å²) >= 11 is 0. The molecule has 1 saturated carbocycles. The molecule has 0 atom stereocenters. The molecule has 96 valence electrons. The molecule has 0 unspecified atom stereocenters. The second-order valence-corrected chi connectivity index (χ2v) is 5.31. The zero-order valence-electron chi connectivity index (χ0n) is 10.8. The van der Waals surface area contributed by atoms with Crippen molar-refractivity contribution < 1.29 is 4.74 Å². The number of nitrogens with one attached hydrogen (secondary N) is 1. The zero-order chi connectivity index (χ0) is 12.6. The first-order valence-corrected chi connectivity index (χ1v) is 6.65. The Morgan fingerprint density at radius 2 is 2.11 bits per heavy atom. The van der Waals surface area contributed by atoms with Gasteiger partial charge in [-0.3, -0.25) is 0 Å². The molecule has 1 aromatic heterocycles. The minimum Gasteiger partial charge on any atom is -0.496 e. The lowest BCUT2D eigenvalue weighted by molar-refractivity contribution is 0.412. The SMILES string of the molecule is COc1cc(C2(CN)CCCC2)cc2[nH]ccc12. The molecule has 1 heterocycles. The summed E-state index contributed by atoms with van der Waals surface area (Å²) < 4.78 is 5.51. The summed E-state index contributed by atoms with van der Waals surface area (Å²) in [6.45, 7) is 0.725. The van der Waals surface area contributed by atoms with Crippen LogP contribution in [0.4, 0.5) is 0 Å². The Morgan fingerprint density at radius 3 is 2.78 bits per heavy atom. The highest BCUT2D eigenvalue weighted by atomic mass is 16.5. The number of hydrogen-bond donors (Lipinski definition) is 2. The number of aromatic nitrogens is 1. The van der Waals surface area contributed by atoms with Crippen molar-refractivity contribution >= 4 is 10.9 Å². The fraction of sp³-hybridized carbons (Fsp3) is 0.467. The number of aromatic amines is 1. The van der Waals surface area contributed by atoms with E-state index < -0.39 is 0 Å². The third kappa shape index (κ3) is 1.62. The molecule has 0 bridgehead atoms. The van der Waals surface area contributed by atoms with Crippen LogP contribution in [0.2, 0.25) is 0 Å². The summed E-state index contributed by atoms with van der Waals surface area (Å²) in [4.78, 5) is 3.28. The largest absolute Gasteiger partial charge is 0.496 e. The van der Waals surface area contributed by atoms with Crippen LogP contribution in [0, 0.1) is 0 Å². The van der Waals surface area contributed by atoms with Gasteiger partial charge < -0.3 is 15.5 Å². The number of fused-ring (bicyclic) bond motifs is 1. The van der Waals surface area contributed by atoms with Gasteiger partial charge in [-0.1, -0.05) is 12.8 Å². The van der Waals surface area contributed by atoms with Crippen molar-refractivity contribution in [1.82, 2.24) is 4.98 Å². The predicted molar refractivity (Wildman–Crippen MR) is 74.1 cm³/mol. The molecule has 1 aliphatic rings. The van der Waals surface area contributed by atoms with Crippen LogP contribution in [-0.2, 0) is 5.41 Å². The van der Waals surface area contributed by atoms with Crippen molar-refractivity contribution in [2.75, 3.05) is 13.7 Å². The lowest BCUT2D eigenvalue weighted by Crippen LogP contribution is -2.32. The number of nitrogens with two attached hydrogens (primary N) is 1. The molecule has 0 amide bonds. The Labute approximate surface area is 107 Å². The molecule has 3 N–H and O–H groups in total. The minimum atomic E-state index is 0.159. The number of H-pyrrole nitrogens is 1. The highest BCUT2D eigenvalue weighted by Gasteiger charge is 2.34. The van der Waals surface area contributed by atoms with Gasteiger partial charge in [0, 0.05) is 29.1 Å². The summed E-state index contributed by atoms with van der Waals surface area (Å²) in [6.07, 6.45) is 6.91. The molecule has 1 aromatic carbocycles. The maximum atomic E-state index is 6.06. The number of methoxy groups -OCH3 is 1. The first kappa shape index (κ1) is 11.6. The highest BCUT2D eigenvalue weighted by molar-refractivity contribution is 5.86. The van der Waals surface area contributed by atoms with Crippen LogP contribution in [-0.4, -0.2) is 18.6 Å². The fourth-order valence-corrected chi connectivity index (χ4v) is 3.27. The average Bonchev–Trinajstić information content (AvgIpc) is 3.06. The van der Waals surface area contributed by atoms with Gasteiger partial charge in [-0.05, 0) is 36.6 Å². The number of benzene rings is 1. The van der Waals surface area contributed by atoms with Gasteiger partial charge in [0.2, 0.25) is 0 Å². The Hall–Kier alpha value is -1.48. The number of rotatable bonds is 3. The molecular formula is C15H20N2O. The van der Waals surface area contributed by atoms with E-state index in [0.717, 1.165) is 23.2 Å². The van der Waals surface area contributed by atoms with Gasteiger partial charge in [0.1, 0.15) is 5.75 Å². The Morgan fingerprint density at radius 1 is 1.33 bits per heavy atom. The second-order valence-electron chi connectivity index (χ2n) is 5.31. The third-order valence-electron chi connectivity index (χ3n) is 4.41. The van der Waals surface area contributed by atoms with E-state index in [1.165, 1.54) is 31.2 Å². The van der Waals surface area contributed by atoms with Crippen LogP contribution in [0.25, 0.3) is 10.9 Å². The molecule has 0 saturated heterocycles. The van der Waals surface area contributed by atoms with Crippen molar-refractivity contribution in [3.05, 3.63) is 30.0 Å². The van der Waals surface area contributed by atoms with E-state index in [1.807, 2.05) is 6.20 Å². The van der Waals surface area contributed by atoms with Crippen molar-refractivity contribution in [3.63, 3.8) is 0 Å². The lowest BCUT2D eigenvalue weighted by atomic mass is 9.78. The molecule has 3 rings (SSSR count). The van der Waals surface area contributed by atoms with Gasteiger partial charge in [-0.2, -0.15) is 0 Å². The number of ether oxygens (including phenoxy) is 1. The molecule has 0 radical (unpaired) electrons. The maximum Gasteiger partial charge on any atom is 0.128 e. The molecule has 18 heavy (non-hydrogen) atoms. The Balaban J connectivity index is 2.16. The zero-order valence-corrected chi connectivity index (χ0v) is 10.8. The topological polar surface area (TPSA) is 51.0 Å². The molecular weight excluding hydrogens is 224 g/mol. The van der Waals surface area contributed by atoms with Gasteiger partial charge in [-0.25, -0.2) is 0 Å². The maximum absolute atomic E-state index is 6.06. The molecule has 1 aliphatic carbocycles. The van der Waals surface area contributed by atoms with E-state index in [-0.39, 0.29) is 5.41 Å². The van der Waals surface area contributed by atoms with Crippen LogP contribution < -0.4 is 10.5 Å². The predicted octanol–water partition coefficient (Wildman–Crippen LogP) is 2.95. The molecule has 0 spiro atoms. The summed E-state index contributed by atoms with van der Waals surface area (Å²) in [5.41, 5.74) is 8.69. The summed E-state index contributed by atoms with van der Waals surface area (Å²) in [7, 11) is 1.73. The van der Waals surface area contributed by atoms with Gasteiger partial charge in [-0.15, -0.1) is 0 Å². The normalized spacial score (nSPS) is 18.3. The third-order valence-corrected chi connectivity index (χ3v) is 4.41. The van der Waals surface area contributed by atoms with E-state index in [4.69, 9.17) is 10.5 Å². The first-order valence-electron chi connectivity index (χ1n) is 6.65. The van der Waals surface area contributed by atoms with Crippen LogP contribution in [0.3, 0.4) is 0 Å². The Kier molecular flexibility index (Phi) is 2.78. The lowest BCUT2D eigenvalue weighted by Gasteiger charge is -2.28. The van der Waals surface area contributed by atoms with E-state index in [0.29, 0.717) is 0 Å². The van der Waals surface area contributed by atoms with E-state index in [1.54, 1.807) is 7.11 Å². The molecule has 3 heteroatoms. The molecule has 3 nitrogen and oxygen atoms in total. The van der Waals surface area contributed by atoms with Gasteiger partial charge in [0.05, 0.1) is 7.11 Å². The van der Waals surface area contributed by atoms with Crippen molar-refractivity contribution in [3.8, 4) is 5.75 Å². The number of hydrogen-bond acceptors (Lipinski definition) is 2. The van der Waals surface area contributed by atoms with E-state index >= 15 is 0 Å². The highest BCUT2D eigenvalue weighted by Crippen LogP contribution is 2.42. The summed E-state index contributed by atoms with van der Waals surface area (Å²) in [5.74, 6) is 0.948. The van der Waals surface area contributed by atoms with Crippen molar-refractivity contribution in [1.29, 1.82) is 0 Å². The smallest absolute Gasteiger partial charge is 0.128 e. The minimum absolute atomic E-state index is 0.159. The van der Waals surface area contributed by atoms with Crippen LogP contribution in [0.15, 0.2) is 24.4 Å². The van der Waals surface area contributed by atoms with Gasteiger partial charge >= 0.3 is 0 Å². The standard InChI is InChI=1S/C15H20N2O/c1-18-14-9-11(8-13-12(14)4-7-17-13)15(10-16)5-2-3-6-15/h4,7-9,17H,2-3,5-6,10,16H2,1H3. The Bertz CT molecular complexity index is 553. The average molecular weight is 244 g/mol. The van der Waals surface area contributed by atoms with E-state index in [2.05, 4.69) is 23.2 Å². The van der Waals surface area contributed by atoms with Crippen molar-refractivity contribution in [2.24, 2.45) is 5.73 Å². The molecule has 0 aliphatic heterocycles. The summed E-state index contributed by atoms with van der Waals surface area (Å²) in [6, 6.07) is 6.48. The van der Waals surface area contributed by atoms with Crippen molar-refractivity contribution in [2.45, 2.75) is 31.1 Å². The second kappa shape index (κ2) is 4.32. The van der Waals surface area contributed by atoms with Crippen LogP contribution in [0.1, 0.15) is 31.2 Å². The summed E-state index contributed by atoms with van der Waals surface area (Å²) in [5, 5.41) is 1.14. The van der Waals surface area contributed by atoms with E-state index in [9.17, 15) is 0 Å². The molecule has 1 fully saturated rings. The first-order chi connectivity index (χ1) is 8.79. The van der Waals surface area contributed by atoms with Gasteiger partial charge in [0.15, 0.2) is 0 Å². The van der Waals surface area contributed by atoms with Gasteiger partial charge in [0.25, 0.3) is 0 Å². The van der Waals surface area contributed by atoms with Crippen LogP contribution in [0.5, 0.6) is 5.75 Å². The quantitative estimate of drug-likeness (QED) is 0.872. The monoisotopic (exact) mass is 244 g/mol. The fourth-order valence-electron chi connectivity index (χ4n) is 3.27.